The van der Waals surface area contributed by atoms with Crippen LogP contribution in [0, 0.1) is 0 Å². The molecule has 6 heteroatoms. The molecular formula is C20H24ClN3O2. The molecule has 4 rings (SSSR count). The number of carbonyl (C=O) groups is 1. The van der Waals surface area contributed by atoms with Gasteiger partial charge in [-0.2, -0.15) is 5.10 Å². The van der Waals surface area contributed by atoms with Gasteiger partial charge >= 0.3 is 0 Å². The number of nitrogens with one attached hydrogen (secondary N) is 1. The van der Waals surface area contributed by atoms with Gasteiger partial charge in [0.05, 0.1) is 11.3 Å². The zero-order valence-corrected chi connectivity index (χ0v) is 15.8. The normalized spacial score (nSPS) is 19.3. The minimum atomic E-state index is -0.138. The summed E-state index contributed by atoms with van der Waals surface area (Å²) >= 11 is 6.22. The number of halogens is 1. The minimum absolute atomic E-state index is 0.0344. The molecule has 1 amide bonds. The number of ether oxygens (including phenoxy) is 1. The van der Waals surface area contributed by atoms with Gasteiger partial charge in [-0.3, -0.25) is 9.48 Å². The molecule has 2 aromatic rings. The summed E-state index contributed by atoms with van der Waals surface area (Å²) in [6.45, 7) is 1.97. The van der Waals surface area contributed by atoms with Crippen LogP contribution in [0.3, 0.4) is 0 Å². The number of aryl methyl sites for hydroxylation is 1. The number of amides is 1. The van der Waals surface area contributed by atoms with Crippen molar-refractivity contribution < 1.29 is 9.53 Å². The zero-order chi connectivity index (χ0) is 18.1. The maximum absolute atomic E-state index is 12.9. The van der Waals surface area contributed by atoms with Crippen LogP contribution in [0.5, 0.6) is 0 Å². The van der Waals surface area contributed by atoms with Crippen LogP contribution < -0.4 is 5.32 Å². The fourth-order valence-electron chi connectivity index (χ4n) is 3.83. The van der Waals surface area contributed by atoms with Crippen LogP contribution >= 0.6 is 11.6 Å². The molecule has 1 aromatic heterocycles. The largest absolute Gasteiger partial charge is 0.381 e. The van der Waals surface area contributed by atoms with E-state index in [-0.39, 0.29) is 11.3 Å². The van der Waals surface area contributed by atoms with Crippen LogP contribution in [0.4, 0.5) is 0 Å². The Bertz CT molecular complexity index is 807. The standard InChI is InChI=1S/C20H24ClN3O2/c1-24-12-17(18(23-24)14-5-6-14)19(25)22-13-20(7-9-26-10-8-20)15-3-2-4-16(21)11-15/h2-4,11-12,14H,5-10,13H2,1H3,(H,22,25). The van der Waals surface area contributed by atoms with Crippen molar-refractivity contribution in [2.45, 2.75) is 37.0 Å². The number of benzene rings is 1. The van der Waals surface area contributed by atoms with Crippen LogP contribution in [-0.2, 0) is 17.2 Å². The van der Waals surface area contributed by atoms with Gasteiger partial charge in [-0.1, -0.05) is 23.7 Å². The molecule has 1 aliphatic carbocycles. The van der Waals surface area contributed by atoms with Gasteiger partial charge in [0.25, 0.3) is 5.91 Å². The third-order valence-corrected chi connectivity index (χ3v) is 5.78. The summed E-state index contributed by atoms with van der Waals surface area (Å²) in [4.78, 5) is 12.9. The second-order valence-electron chi connectivity index (χ2n) is 7.46. The Balaban J connectivity index is 1.54. The van der Waals surface area contributed by atoms with Crippen molar-refractivity contribution in [3.05, 3.63) is 52.3 Å². The van der Waals surface area contributed by atoms with Crippen molar-refractivity contribution in [2.24, 2.45) is 7.05 Å². The lowest BCUT2D eigenvalue weighted by Gasteiger charge is -2.38. The average molecular weight is 374 g/mol. The lowest BCUT2D eigenvalue weighted by atomic mass is 9.74. The number of hydrogen-bond acceptors (Lipinski definition) is 3. The summed E-state index contributed by atoms with van der Waals surface area (Å²) in [6, 6.07) is 7.97. The molecule has 2 heterocycles. The van der Waals surface area contributed by atoms with Crippen LogP contribution in [0.1, 0.15) is 53.2 Å². The number of carbonyl (C=O) groups excluding carboxylic acids is 1. The monoisotopic (exact) mass is 373 g/mol. The zero-order valence-electron chi connectivity index (χ0n) is 15.0. The highest BCUT2D eigenvalue weighted by atomic mass is 35.5. The quantitative estimate of drug-likeness (QED) is 0.873. The predicted molar refractivity (Wildman–Crippen MR) is 101 cm³/mol. The molecule has 26 heavy (non-hydrogen) atoms. The highest BCUT2D eigenvalue weighted by Gasteiger charge is 2.36. The van der Waals surface area contributed by atoms with Crippen molar-refractivity contribution in [3.8, 4) is 0 Å². The van der Waals surface area contributed by atoms with Crippen LogP contribution in [0.25, 0.3) is 0 Å². The summed E-state index contributed by atoms with van der Waals surface area (Å²) < 4.78 is 7.31. The Labute approximate surface area is 158 Å². The fourth-order valence-corrected chi connectivity index (χ4v) is 4.02. The fraction of sp³-hybridized carbons (Fsp3) is 0.500. The SMILES string of the molecule is Cn1cc(C(=O)NCC2(c3cccc(Cl)c3)CCOCC2)c(C2CC2)n1. The summed E-state index contributed by atoms with van der Waals surface area (Å²) in [5.41, 5.74) is 2.68. The minimum Gasteiger partial charge on any atom is -0.381 e. The molecule has 0 unspecified atom stereocenters. The molecule has 1 N–H and O–H groups in total. The molecule has 0 spiro atoms. The summed E-state index contributed by atoms with van der Waals surface area (Å²) in [6.07, 6.45) is 5.83. The first-order valence-electron chi connectivity index (χ1n) is 9.23. The Kier molecular flexibility index (Phi) is 4.76. The molecule has 2 aliphatic rings. The van der Waals surface area contributed by atoms with E-state index in [1.807, 2.05) is 31.4 Å². The van der Waals surface area contributed by atoms with Crippen molar-refractivity contribution in [1.29, 1.82) is 0 Å². The molecule has 1 aromatic carbocycles. The molecule has 5 nitrogen and oxygen atoms in total. The number of rotatable bonds is 5. The smallest absolute Gasteiger partial charge is 0.254 e. The Morgan fingerprint density at radius 3 is 2.85 bits per heavy atom. The maximum Gasteiger partial charge on any atom is 0.254 e. The topological polar surface area (TPSA) is 56.2 Å². The van der Waals surface area contributed by atoms with Gasteiger partial charge in [-0.15, -0.1) is 0 Å². The van der Waals surface area contributed by atoms with Crippen LogP contribution in [0.2, 0.25) is 5.02 Å². The van der Waals surface area contributed by atoms with E-state index in [2.05, 4.69) is 16.5 Å². The van der Waals surface area contributed by atoms with E-state index in [1.165, 1.54) is 5.56 Å². The maximum atomic E-state index is 12.9. The molecule has 0 radical (unpaired) electrons. The van der Waals surface area contributed by atoms with E-state index in [4.69, 9.17) is 16.3 Å². The Hall–Kier alpha value is -1.85. The first-order valence-corrected chi connectivity index (χ1v) is 9.61. The lowest BCUT2D eigenvalue weighted by molar-refractivity contribution is 0.0487. The van der Waals surface area contributed by atoms with Gasteiger partial charge in [0.2, 0.25) is 0 Å². The van der Waals surface area contributed by atoms with Gasteiger partial charge in [0, 0.05) is 49.4 Å². The van der Waals surface area contributed by atoms with Crippen molar-refractivity contribution in [3.63, 3.8) is 0 Å². The lowest BCUT2D eigenvalue weighted by Crippen LogP contribution is -2.44. The van der Waals surface area contributed by atoms with Gasteiger partial charge in [-0.25, -0.2) is 0 Å². The Morgan fingerprint density at radius 2 is 2.15 bits per heavy atom. The van der Waals surface area contributed by atoms with Crippen molar-refractivity contribution in [1.82, 2.24) is 15.1 Å². The molecular weight excluding hydrogens is 350 g/mol. The second-order valence-corrected chi connectivity index (χ2v) is 7.90. The summed E-state index contributed by atoms with van der Waals surface area (Å²) in [5.74, 6) is 0.412. The number of aromatic nitrogens is 2. The second kappa shape index (κ2) is 7.05. The highest BCUT2D eigenvalue weighted by molar-refractivity contribution is 6.30. The third-order valence-electron chi connectivity index (χ3n) is 5.54. The van der Waals surface area contributed by atoms with Gasteiger partial charge in [-0.05, 0) is 43.4 Å². The van der Waals surface area contributed by atoms with E-state index < -0.39 is 0 Å². The van der Waals surface area contributed by atoms with E-state index in [1.54, 1.807) is 4.68 Å². The summed E-state index contributed by atoms with van der Waals surface area (Å²) in [5, 5.41) is 8.39. The van der Waals surface area contributed by atoms with Gasteiger partial charge in [0.15, 0.2) is 0 Å². The summed E-state index contributed by atoms with van der Waals surface area (Å²) in [7, 11) is 1.87. The van der Waals surface area contributed by atoms with E-state index >= 15 is 0 Å². The highest BCUT2D eigenvalue weighted by Crippen LogP contribution is 2.41. The molecule has 1 saturated heterocycles. The van der Waals surface area contributed by atoms with Crippen LogP contribution in [-0.4, -0.2) is 35.4 Å². The first-order chi connectivity index (χ1) is 12.6. The first kappa shape index (κ1) is 17.6. The molecule has 138 valence electrons. The van der Waals surface area contributed by atoms with Crippen molar-refractivity contribution in [2.75, 3.05) is 19.8 Å². The average Bonchev–Trinajstić information content (AvgIpc) is 3.42. The molecule has 1 saturated carbocycles. The van der Waals surface area contributed by atoms with E-state index in [0.717, 1.165) is 36.4 Å². The third kappa shape index (κ3) is 3.51. The van der Waals surface area contributed by atoms with Crippen LogP contribution in [0.15, 0.2) is 30.5 Å². The molecule has 2 fully saturated rings. The molecule has 0 bridgehead atoms. The van der Waals surface area contributed by atoms with E-state index in [9.17, 15) is 4.79 Å². The van der Waals surface area contributed by atoms with Gasteiger partial charge < -0.3 is 10.1 Å². The van der Waals surface area contributed by atoms with E-state index in [0.29, 0.717) is 31.2 Å². The predicted octanol–water partition coefficient (Wildman–Crippen LogP) is 3.43. The molecule has 0 atom stereocenters. The number of nitrogens with zero attached hydrogens (tertiary/aromatic N) is 2. The molecule has 1 aliphatic heterocycles. The number of hydrogen-bond donors (Lipinski definition) is 1. The van der Waals surface area contributed by atoms with Crippen molar-refractivity contribution >= 4 is 17.5 Å². The van der Waals surface area contributed by atoms with Gasteiger partial charge in [0.1, 0.15) is 0 Å². The Morgan fingerprint density at radius 1 is 1.38 bits per heavy atom.